The van der Waals surface area contributed by atoms with Gasteiger partial charge in [-0.3, -0.25) is 0 Å². The average molecular weight is 235 g/mol. The summed E-state index contributed by atoms with van der Waals surface area (Å²) >= 11 is 11.2. The van der Waals surface area contributed by atoms with Gasteiger partial charge in [0.1, 0.15) is 5.56 Å². The minimum atomic E-state index is -0.554. The van der Waals surface area contributed by atoms with Gasteiger partial charge in [0.05, 0.1) is 6.10 Å². The van der Waals surface area contributed by atoms with E-state index in [1.807, 2.05) is 0 Å². The maximum absolute atomic E-state index is 11.4. The molecule has 0 spiro atoms. The van der Waals surface area contributed by atoms with Crippen LogP contribution in [0.5, 0.6) is 0 Å². The molecular formula is C8H8Cl2N2O2. The zero-order valence-electron chi connectivity index (χ0n) is 7.62. The van der Waals surface area contributed by atoms with Crippen LogP contribution in [0.25, 0.3) is 0 Å². The third-order valence-corrected chi connectivity index (χ3v) is 1.75. The molecule has 0 unspecified atom stereocenters. The Kier molecular flexibility index (Phi) is 3.66. The molecule has 1 aromatic rings. The van der Waals surface area contributed by atoms with E-state index in [0.29, 0.717) is 0 Å². The first-order valence-electron chi connectivity index (χ1n) is 3.90. The Hall–Kier alpha value is -0.870. The smallest absolute Gasteiger partial charge is 0.341 e. The van der Waals surface area contributed by atoms with Gasteiger partial charge in [-0.1, -0.05) is 23.2 Å². The largest absolute Gasteiger partial charge is 0.459 e. The molecule has 14 heavy (non-hydrogen) atoms. The van der Waals surface area contributed by atoms with Gasteiger partial charge in [-0.05, 0) is 19.9 Å². The number of rotatable bonds is 2. The monoisotopic (exact) mass is 234 g/mol. The van der Waals surface area contributed by atoms with Crippen LogP contribution < -0.4 is 0 Å². The van der Waals surface area contributed by atoms with E-state index in [2.05, 4.69) is 10.2 Å². The number of carbonyl (C=O) groups excluding carboxylic acids is 1. The third-order valence-electron chi connectivity index (χ3n) is 1.28. The van der Waals surface area contributed by atoms with Crippen LogP contribution in [0, 0.1) is 0 Å². The lowest BCUT2D eigenvalue weighted by Gasteiger charge is -2.07. The fourth-order valence-electron chi connectivity index (χ4n) is 0.774. The first-order valence-corrected chi connectivity index (χ1v) is 4.66. The lowest BCUT2D eigenvalue weighted by molar-refractivity contribution is 0.0377. The highest BCUT2D eigenvalue weighted by Crippen LogP contribution is 2.16. The molecule has 0 N–H and O–H groups in total. The van der Waals surface area contributed by atoms with Gasteiger partial charge in [0, 0.05) is 0 Å². The molecule has 0 radical (unpaired) electrons. The molecule has 1 rings (SSSR count). The highest BCUT2D eigenvalue weighted by molar-refractivity contribution is 6.33. The Morgan fingerprint density at radius 2 is 2.07 bits per heavy atom. The summed E-state index contributed by atoms with van der Waals surface area (Å²) in [5.41, 5.74) is 0.125. The van der Waals surface area contributed by atoms with Gasteiger partial charge in [0.2, 0.25) is 0 Å². The summed E-state index contributed by atoms with van der Waals surface area (Å²) < 4.78 is 4.92. The Balaban J connectivity index is 2.94. The van der Waals surface area contributed by atoms with E-state index >= 15 is 0 Å². The Morgan fingerprint density at radius 3 is 2.64 bits per heavy atom. The minimum absolute atomic E-state index is 0.0138. The van der Waals surface area contributed by atoms with E-state index in [1.54, 1.807) is 13.8 Å². The number of hydrogen-bond donors (Lipinski definition) is 0. The standard InChI is InChI=1S/C8H8Cl2N2O2/c1-4(2)14-8(13)5-3-6(9)11-12-7(5)10/h3-4H,1-2H3. The molecule has 0 saturated heterocycles. The molecule has 76 valence electrons. The van der Waals surface area contributed by atoms with Crippen molar-refractivity contribution < 1.29 is 9.53 Å². The predicted octanol–water partition coefficient (Wildman–Crippen LogP) is 2.35. The van der Waals surface area contributed by atoms with Crippen LogP contribution in [0.1, 0.15) is 24.2 Å². The average Bonchev–Trinajstić information content (AvgIpc) is 2.08. The van der Waals surface area contributed by atoms with Crippen LogP contribution in [-0.4, -0.2) is 22.3 Å². The number of aromatic nitrogens is 2. The van der Waals surface area contributed by atoms with Crippen molar-refractivity contribution in [2.75, 3.05) is 0 Å². The summed E-state index contributed by atoms with van der Waals surface area (Å²) in [6.45, 7) is 3.48. The first kappa shape index (κ1) is 11.2. The maximum Gasteiger partial charge on any atom is 0.341 e. The van der Waals surface area contributed by atoms with Crippen LogP contribution in [-0.2, 0) is 4.74 Å². The number of ether oxygens (including phenoxy) is 1. The topological polar surface area (TPSA) is 52.1 Å². The van der Waals surface area contributed by atoms with Crippen LogP contribution in [0.4, 0.5) is 0 Å². The fraction of sp³-hybridized carbons (Fsp3) is 0.375. The molecule has 0 fully saturated rings. The van der Waals surface area contributed by atoms with Crippen LogP contribution in [0.15, 0.2) is 6.07 Å². The predicted molar refractivity (Wildman–Crippen MR) is 52.6 cm³/mol. The molecule has 6 heteroatoms. The van der Waals surface area contributed by atoms with Crippen LogP contribution in [0.2, 0.25) is 10.3 Å². The van der Waals surface area contributed by atoms with E-state index in [9.17, 15) is 4.79 Å². The van der Waals surface area contributed by atoms with E-state index in [1.165, 1.54) is 6.07 Å². The lowest BCUT2D eigenvalue weighted by Crippen LogP contribution is -2.12. The Labute approximate surface area is 91.2 Å². The summed E-state index contributed by atoms with van der Waals surface area (Å²) in [6.07, 6.45) is -0.217. The third kappa shape index (κ3) is 2.82. The van der Waals surface area contributed by atoms with Gasteiger partial charge >= 0.3 is 5.97 Å². The molecule has 0 amide bonds. The van der Waals surface area contributed by atoms with Gasteiger partial charge in [0.25, 0.3) is 0 Å². The van der Waals surface area contributed by atoms with Crippen molar-refractivity contribution in [2.24, 2.45) is 0 Å². The summed E-state index contributed by atoms with van der Waals surface area (Å²) in [5.74, 6) is -0.554. The molecule has 1 aromatic heterocycles. The number of carbonyl (C=O) groups is 1. The molecule has 0 aromatic carbocycles. The van der Waals surface area contributed by atoms with Crippen molar-refractivity contribution >= 4 is 29.2 Å². The minimum Gasteiger partial charge on any atom is -0.459 e. The number of halogens is 2. The molecule has 0 aliphatic rings. The van der Waals surface area contributed by atoms with Crippen LogP contribution >= 0.6 is 23.2 Å². The summed E-state index contributed by atoms with van der Waals surface area (Å²) in [5, 5.41) is 7.05. The van der Waals surface area contributed by atoms with Crippen molar-refractivity contribution in [3.63, 3.8) is 0 Å². The zero-order chi connectivity index (χ0) is 10.7. The Morgan fingerprint density at radius 1 is 1.43 bits per heavy atom. The van der Waals surface area contributed by atoms with Gasteiger partial charge in [-0.25, -0.2) is 4.79 Å². The van der Waals surface area contributed by atoms with Gasteiger partial charge in [0.15, 0.2) is 10.3 Å². The SMILES string of the molecule is CC(C)OC(=O)c1cc(Cl)nnc1Cl. The van der Waals surface area contributed by atoms with E-state index < -0.39 is 5.97 Å². The highest BCUT2D eigenvalue weighted by atomic mass is 35.5. The molecule has 0 atom stereocenters. The first-order chi connectivity index (χ1) is 6.50. The number of hydrogen-bond acceptors (Lipinski definition) is 4. The second-order valence-corrected chi connectivity index (χ2v) is 3.57. The lowest BCUT2D eigenvalue weighted by atomic mass is 10.3. The maximum atomic E-state index is 11.4. The van der Waals surface area contributed by atoms with Gasteiger partial charge in [-0.2, -0.15) is 0 Å². The van der Waals surface area contributed by atoms with Crippen molar-refractivity contribution in [2.45, 2.75) is 20.0 Å². The normalized spacial score (nSPS) is 10.4. The summed E-state index contributed by atoms with van der Waals surface area (Å²) in [6, 6.07) is 1.32. The van der Waals surface area contributed by atoms with Crippen molar-refractivity contribution in [1.82, 2.24) is 10.2 Å². The summed E-state index contributed by atoms with van der Waals surface area (Å²) in [4.78, 5) is 11.4. The second-order valence-electron chi connectivity index (χ2n) is 2.83. The Bertz CT molecular complexity index is 355. The molecule has 0 aliphatic carbocycles. The van der Waals surface area contributed by atoms with E-state index in [-0.39, 0.29) is 22.0 Å². The van der Waals surface area contributed by atoms with Gasteiger partial charge < -0.3 is 4.74 Å². The summed E-state index contributed by atoms with van der Waals surface area (Å²) in [7, 11) is 0. The molecule has 0 bridgehead atoms. The highest BCUT2D eigenvalue weighted by Gasteiger charge is 2.15. The molecule has 4 nitrogen and oxygen atoms in total. The van der Waals surface area contributed by atoms with Crippen molar-refractivity contribution in [3.8, 4) is 0 Å². The molecule has 1 heterocycles. The van der Waals surface area contributed by atoms with Crippen molar-refractivity contribution in [1.29, 1.82) is 0 Å². The van der Waals surface area contributed by atoms with E-state index in [0.717, 1.165) is 0 Å². The number of nitrogens with zero attached hydrogens (tertiary/aromatic N) is 2. The van der Waals surface area contributed by atoms with Crippen molar-refractivity contribution in [3.05, 3.63) is 21.9 Å². The number of esters is 1. The van der Waals surface area contributed by atoms with E-state index in [4.69, 9.17) is 27.9 Å². The van der Waals surface area contributed by atoms with Crippen LogP contribution in [0.3, 0.4) is 0 Å². The zero-order valence-corrected chi connectivity index (χ0v) is 9.13. The molecular weight excluding hydrogens is 227 g/mol. The second kappa shape index (κ2) is 4.57. The van der Waals surface area contributed by atoms with Gasteiger partial charge in [-0.15, -0.1) is 10.2 Å². The molecule has 0 saturated carbocycles. The molecule has 0 aliphatic heterocycles. The fourth-order valence-corrected chi connectivity index (χ4v) is 1.09. The quantitative estimate of drug-likeness (QED) is 0.738.